The zero-order valence-electron chi connectivity index (χ0n) is 11.8. The van der Waals surface area contributed by atoms with Crippen molar-refractivity contribution in [3.05, 3.63) is 59.7 Å². The van der Waals surface area contributed by atoms with Crippen molar-refractivity contribution >= 4 is 0 Å². The van der Waals surface area contributed by atoms with E-state index in [-0.39, 0.29) is 6.04 Å². The molecule has 0 aliphatic heterocycles. The van der Waals surface area contributed by atoms with Gasteiger partial charge in [0.2, 0.25) is 0 Å². The minimum absolute atomic E-state index is 0.166. The summed E-state index contributed by atoms with van der Waals surface area (Å²) in [5.74, 6) is -1.63. The fourth-order valence-electron chi connectivity index (χ4n) is 2.27. The lowest BCUT2D eigenvalue weighted by atomic mass is 9.95. The summed E-state index contributed by atoms with van der Waals surface area (Å²) >= 11 is 0. The summed E-state index contributed by atoms with van der Waals surface area (Å²) in [6, 6.07) is 12.0. The van der Waals surface area contributed by atoms with Gasteiger partial charge in [-0.3, -0.25) is 0 Å². The molecule has 0 aromatic heterocycles. The molecule has 2 aromatic rings. The van der Waals surface area contributed by atoms with Gasteiger partial charge in [0.25, 0.3) is 0 Å². The molecule has 20 heavy (non-hydrogen) atoms. The largest absolute Gasteiger partial charge is 0.310 e. The van der Waals surface area contributed by atoms with Gasteiger partial charge in [-0.05, 0) is 48.7 Å². The molecular formula is C17H19F2N. The van der Waals surface area contributed by atoms with Crippen LogP contribution in [0.4, 0.5) is 8.78 Å². The fraction of sp³-hybridized carbons (Fsp3) is 0.294. The molecule has 0 saturated heterocycles. The first-order chi connectivity index (χ1) is 9.63. The first-order valence-electron chi connectivity index (χ1n) is 6.91. The van der Waals surface area contributed by atoms with Crippen LogP contribution < -0.4 is 5.32 Å². The molecule has 0 aliphatic rings. The zero-order valence-corrected chi connectivity index (χ0v) is 11.8. The molecule has 3 heteroatoms. The van der Waals surface area contributed by atoms with Crippen molar-refractivity contribution in [1.29, 1.82) is 0 Å². The number of benzene rings is 2. The number of rotatable bonds is 5. The van der Waals surface area contributed by atoms with E-state index in [0.29, 0.717) is 5.56 Å². The Morgan fingerprint density at radius 2 is 1.80 bits per heavy atom. The van der Waals surface area contributed by atoms with Crippen molar-refractivity contribution < 1.29 is 8.78 Å². The lowest BCUT2D eigenvalue weighted by molar-refractivity contribution is 0.509. The van der Waals surface area contributed by atoms with Crippen LogP contribution in [0.3, 0.4) is 0 Å². The molecule has 0 fully saturated rings. The van der Waals surface area contributed by atoms with Gasteiger partial charge in [-0.15, -0.1) is 0 Å². The van der Waals surface area contributed by atoms with Crippen molar-refractivity contribution in [2.45, 2.75) is 26.3 Å². The Labute approximate surface area is 118 Å². The number of hydrogen-bond donors (Lipinski definition) is 1. The molecule has 0 amide bonds. The Bertz CT molecular complexity index is 581. The van der Waals surface area contributed by atoms with E-state index in [4.69, 9.17) is 0 Å². The van der Waals surface area contributed by atoms with E-state index in [1.807, 2.05) is 24.3 Å². The molecule has 0 heterocycles. The van der Waals surface area contributed by atoms with Crippen molar-refractivity contribution in [3.63, 3.8) is 0 Å². The monoisotopic (exact) mass is 275 g/mol. The fourth-order valence-corrected chi connectivity index (χ4v) is 2.27. The minimum atomic E-state index is -0.816. The van der Waals surface area contributed by atoms with Gasteiger partial charge in [0.15, 0.2) is 11.6 Å². The van der Waals surface area contributed by atoms with Crippen molar-refractivity contribution in [2.24, 2.45) is 0 Å². The maximum atomic E-state index is 13.4. The molecule has 1 unspecified atom stereocenters. The SMILES string of the molecule is CCCNC(C)c1ccccc1-c1ccc(F)c(F)c1. The second kappa shape index (κ2) is 6.62. The van der Waals surface area contributed by atoms with Crippen LogP contribution in [-0.4, -0.2) is 6.54 Å². The van der Waals surface area contributed by atoms with E-state index >= 15 is 0 Å². The number of nitrogens with one attached hydrogen (secondary N) is 1. The predicted molar refractivity (Wildman–Crippen MR) is 78.5 cm³/mol. The summed E-state index contributed by atoms with van der Waals surface area (Å²) in [5.41, 5.74) is 2.72. The van der Waals surface area contributed by atoms with E-state index in [9.17, 15) is 8.78 Å². The zero-order chi connectivity index (χ0) is 14.5. The van der Waals surface area contributed by atoms with Crippen molar-refractivity contribution in [3.8, 4) is 11.1 Å². The maximum absolute atomic E-state index is 13.4. The van der Waals surface area contributed by atoms with Gasteiger partial charge in [-0.1, -0.05) is 37.3 Å². The lowest BCUT2D eigenvalue weighted by Crippen LogP contribution is -2.19. The Balaban J connectivity index is 2.38. The van der Waals surface area contributed by atoms with E-state index in [1.54, 1.807) is 6.07 Å². The van der Waals surface area contributed by atoms with Crippen LogP contribution in [0.2, 0.25) is 0 Å². The van der Waals surface area contributed by atoms with E-state index in [1.165, 1.54) is 12.1 Å². The highest BCUT2D eigenvalue weighted by atomic mass is 19.2. The third kappa shape index (κ3) is 3.23. The highest BCUT2D eigenvalue weighted by Crippen LogP contribution is 2.29. The molecule has 1 N–H and O–H groups in total. The maximum Gasteiger partial charge on any atom is 0.159 e. The highest BCUT2D eigenvalue weighted by Gasteiger charge is 2.12. The first-order valence-corrected chi connectivity index (χ1v) is 6.91. The van der Waals surface area contributed by atoms with Crippen LogP contribution in [0.5, 0.6) is 0 Å². The molecule has 0 spiro atoms. The van der Waals surface area contributed by atoms with E-state index in [2.05, 4.69) is 19.2 Å². The third-order valence-electron chi connectivity index (χ3n) is 3.36. The van der Waals surface area contributed by atoms with E-state index < -0.39 is 11.6 Å². The summed E-state index contributed by atoms with van der Waals surface area (Å²) in [5, 5.41) is 3.42. The quantitative estimate of drug-likeness (QED) is 0.834. The third-order valence-corrected chi connectivity index (χ3v) is 3.36. The van der Waals surface area contributed by atoms with Crippen LogP contribution in [0.25, 0.3) is 11.1 Å². The van der Waals surface area contributed by atoms with Gasteiger partial charge >= 0.3 is 0 Å². The van der Waals surface area contributed by atoms with Gasteiger partial charge in [0.1, 0.15) is 0 Å². The Morgan fingerprint density at radius 3 is 2.50 bits per heavy atom. The summed E-state index contributed by atoms with van der Waals surface area (Å²) in [6.45, 7) is 5.11. The van der Waals surface area contributed by atoms with Crippen LogP contribution >= 0.6 is 0 Å². The number of halogens is 2. The smallest absolute Gasteiger partial charge is 0.159 e. The summed E-state index contributed by atoms with van der Waals surface area (Å²) in [4.78, 5) is 0. The summed E-state index contributed by atoms with van der Waals surface area (Å²) < 4.78 is 26.5. The Hall–Kier alpha value is -1.74. The molecule has 1 atom stereocenters. The van der Waals surface area contributed by atoms with Gasteiger partial charge in [-0.25, -0.2) is 8.78 Å². The molecule has 0 saturated carbocycles. The van der Waals surface area contributed by atoms with Crippen molar-refractivity contribution in [1.82, 2.24) is 5.32 Å². The van der Waals surface area contributed by atoms with Gasteiger partial charge < -0.3 is 5.32 Å². The van der Waals surface area contributed by atoms with Crippen LogP contribution in [0.15, 0.2) is 42.5 Å². The topological polar surface area (TPSA) is 12.0 Å². The van der Waals surface area contributed by atoms with E-state index in [0.717, 1.165) is 24.1 Å². The molecular weight excluding hydrogens is 256 g/mol. The minimum Gasteiger partial charge on any atom is -0.310 e. The normalized spacial score (nSPS) is 12.4. The average Bonchev–Trinajstić information content (AvgIpc) is 2.47. The van der Waals surface area contributed by atoms with Gasteiger partial charge in [0, 0.05) is 6.04 Å². The standard InChI is InChI=1S/C17H19F2N/c1-3-10-20-12(2)14-6-4-5-7-15(14)13-8-9-16(18)17(19)11-13/h4-9,11-12,20H,3,10H2,1-2H3. The first kappa shape index (κ1) is 14.7. The van der Waals surface area contributed by atoms with Crippen LogP contribution in [0.1, 0.15) is 31.9 Å². The van der Waals surface area contributed by atoms with Gasteiger partial charge in [-0.2, -0.15) is 0 Å². The predicted octanol–water partition coefficient (Wildman–Crippen LogP) is 4.69. The molecule has 2 rings (SSSR count). The lowest BCUT2D eigenvalue weighted by Gasteiger charge is -2.18. The molecule has 0 radical (unpaired) electrons. The highest BCUT2D eigenvalue weighted by molar-refractivity contribution is 5.68. The second-order valence-electron chi connectivity index (χ2n) is 4.89. The Kier molecular flexibility index (Phi) is 4.85. The molecule has 0 aliphatic carbocycles. The summed E-state index contributed by atoms with van der Waals surface area (Å²) in [6.07, 6.45) is 1.05. The average molecular weight is 275 g/mol. The second-order valence-corrected chi connectivity index (χ2v) is 4.89. The molecule has 1 nitrogen and oxygen atoms in total. The van der Waals surface area contributed by atoms with Crippen molar-refractivity contribution in [2.75, 3.05) is 6.54 Å². The van der Waals surface area contributed by atoms with Crippen LogP contribution in [-0.2, 0) is 0 Å². The molecule has 2 aromatic carbocycles. The summed E-state index contributed by atoms with van der Waals surface area (Å²) in [7, 11) is 0. The van der Waals surface area contributed by atoms with Gasteiger partial charge in [0.05, 0.1) is 0 Å². The Morgan fingerprint density at radius 1 is 1.05 bits per heavy atom. The number of hydrogen-bond acceptors (Lipinski definition) is 1. The van der Waals surface area contributed by atoms with Crippen LogP contribution in [0, 0.1) is 11.6 Å². The molecule has 0 bridgehead atoms. The molecule has 106 valence electrons.